The SMILES string of the molecule is CC(C)(C)OC(=O)N1CCC(Oc2ccc(N3C(=S)N(c4ccc(C#N)c(C(F)(F)F)c4)C(=O)C34CCC4)cn2)CC1. The fourth-order valence-corrected chi connectivity index (χ4v) is 5.91. The van der Waals surface area contributed by atoms with Crippen molar-refractivity contribution in [1.29, 1.82) is 5.26 Å². The lowest BCUT2D eigenvalue weighted by Gasteiger charge is -2.42. The number of carbonyl (C=O) groups is 2. The molecule has 2 aromatic rings. The van der Waals surface area contributed by atoms with E-state index in [1.54, 1.807) is 28.0 Å². The minimum Gasteiger partial charge on any atom is -0.474 e. The molecule has 1 saturated carbocycles. The summed E-state index contributed by atoms with van der Waals surface area (Å²) in [5.74, 6) is -0.0407. The van der Waals surface area contributed by atoms with E-state index in [1.807, 2.05) is 20.8 Å². The molecule has 5 rings (SSSR count). The second kappa shape index (κ2) is 10.7. The van der Waals surface area contributed by atoms with Gasteiger partial charge in [-0.3, -0.25) is 9.69 Å². The first-order chi connectivity index (χ1) is 19.7. The van der Waals surface area contributed by atoms with E-state index in [0.717, 1.165) is 23.5 Å². The van der Waals surface area contributed by atoms with Gasteiger partial charge in [-0.1, -0.05) is 0 Å². The summed E-state index contributed by atoms with van der Waals surface area (Å²) in [6.45, 7) is 6.45. The number of piperidine rings is 1. The third-order valence-corrected chi connectivity index (χ3v) is 8.00. The lowest BCUT2D eigenvalue weighted by atomic mass is 9.75. The quantitative estimate of drug-likeness (QED) is 0.405. The fraction of sp³-hybridized carbons (Fsp3) is 0.483. The number of ether oxygens (including phenoxy) is 2. The summed E-state index contributed by atoms with van der Waals surface area (Å²) in [4.78, 5) is 34.9. The van der Waals surface area contributed by atoms with Crippen molar-refractivity contribution in [1.82, 2.24) is 9.88 Å². The smallest absolute Gasteiger partial charge is 0.417 e. The Kier molecular flexibility index (Phi) is 7.55. The van der Waals surface area contributed by atoms with E-state index >= 15 is 0 Å². The molecule has 3 heterocycles. The second-order valence-electron chi connectivity index (χ2n) is 11.6. The number of aromatic nitrogens is 1. The lowest BCUT2D eigenvalue weighted by molar-refractivity contribution is -0.137. The number of halogens is 3. The third kappa shape index (κ3) is 5.47. The zero-order valence-electron chi connectivity index (χ0n) is 23.4. The number of amides is 2. The third-order valence-electron chi connectivity index (χ3n) is 7.64. The topological polar surface area (TPSA) is 99.0 Å². The predicted molar refractivity (Wildman–Crippen MR) is 151 cm³/mol. The molecular formula is C29H30F3N5O4S. The van der Waals surface area contributed by atoms with E-state index in [-0.39, 0.29) is 23.0 Å². The van der Waals surface area contributed by atoms with Crippen LogP contribution in [0.3, 0.4) is 0 Å². The van der Waals surface area contributed by atoms with Crippen LogP contribution in [0.2, 0.25) is 0 Å². The highest BCUT2D eigenvalue weighted by molar-refractivity contribution is 7.81. The Morgan fingerprint density at radius 2 is 1.79 bits per heavy atom. The first kappa shape index (κ1) is 29.6. The van der Waals surface area contributed by atoms with E-state index < -0.39 is 34.4 Å². The van der Waals surface area contributed by atoms with Crippen LogP contribution in [0.25, 0.3) is 0 Å². The number of pyridine rings is 1. The van der Waals surface area contributed by atoms with Crippen LogP contribution in [0.1, 0.15) is 64.0 Å². The summed E-state index contributed by atoms with van der Waals surface area (Å²) in [5, 5.41) is 9.20. The van der Waals surface area contributed by atoms with Crippen molar-refractivity contribution in [2.45, 2.75) is 76.3 Å². The first-order valence-electron chi connectivity index (χ1n) is 13.6. The molecule has 0 atom stereocenters. The summed E-state index contributed by atoms with van der Waals surface area (Å²) < 4.78 is 52.4. The fourth-order valence-electron chi connectivity index (χ4n) is 5.44. The number of carbonyl (C=O) groups excluding carboxylic acids is 2. The Morgan fingerprint density at radius 1 is 1.12 bits per heavy atom. The van der Waals surface area contributed by atoms with Gasteiger partial charge in [-0.05, 0) is 76.5 Å². The Balaban J connectivity index is 1.31. The summed E-state index contributed by atoms with van der Waals surface area (Å²) in [5.41, 5.74) is -2.76. The van der Waals surface area contributed by atoms with Gasteiger partial charge in [-0.2, -0.15) is 18.4 Å². The average molecular weight is 602 g/mol. The maximum absolute atomic E-state index is 13.7. The van der Waals surface area contributed by atoms with Crippen LogP contribution in [0.15, 0.2) is 36.5 Å². The van der Waals surface area contributed by atoms with E-state index in [4.69, 9.17) is 27.0 Å². The van der Waals surface area contributed by atoms with Gasteiger partial charge in [0.15, 0.2) is 5.11 Å². The summed E-state index contributed by atoms with van der Waals surface area (Å²) >= 11 is 5.66. The van der Waals surface area contributed by atoms with Crippen LogP contribution in [-0.2, 0) is 15.7 Å². The number of hydrogen-bond acceptors (Lipinski definition) is 7. The van der Waals surface area contributed by atoms with Crippen LogP contribution < -0.4 is 14.5 Å². The van der Waals surface area contributed by atoms with Gasteiger partial charge in [0.1, 0.15) is 17.2 Å². The highest BCUT2D eigenvalue weighted by Gasteiger charge is 2.59. The first-order valence-corrected chi connectivity index (χ1v) is 14.0. The highest BCUT2D eigenvalue weighted by atomic mass is 32.1. The number of nitrogens with zero attached hydrogens (tertiary/aromatic N) is 5. The van der Waals surface area contributed by atoms with Crippen LogP contribution in [0, 0.1) is 11.3 Å². The van der Waals surface area contributed by atoms with Gasteiger partial charge in [0.2, 0.25) is 5.88 Å². The van der Waals surface area contributed by atoms with Crippen molar-refractivity contribution >= 4 is 40.7 Å². The Labute approximate surface area is 246 Å². The van der Waals surface area contributed by atoms with Crippen LogP contribution in [0.5, 0.6) is 5.88 Å². The number of nitriles is 1. The van der Waals surface area contributed by atoms with Crippen molar-refractivity contribution in [3.63, 3.8) is 0 Å². The number of anilines is 2. The molecule has 1 aromatic carbocycles. The van der Waals surface area contributed by atoms with E-state index in [0.29, 0.717) is 50.3 Å². The second-order valence-corrected chi connectivity index (χ2v) is 12.0. The molecule has 3 fully saturated rings. The minimum absolute atomic E-state index is 0.0440. The normalized spacial score (nSPS) is 19.1. The minimum atomic E-state index is -4.77. The summed E-state index contributed by atoms with van der Waals surface area (Å²) in [6, 6.07) is 8.09. The number of likely N-dealkylation sites (tertiary alicyclic amines) is 1. The molecule has 0 radical (unpaired) electrons. The number of benzene rings is 1. The van der Waals surface area contributed by atoms with Gasteiger partial charge in [0.25, 0.3) is 5.91 Å². The maximum atomic E-state index is 13.7. The monoisotopic (exact) mass is 601 g/mol. The Hall–Kier alpha value is -3.92. The van der Waals surface area contributed by atoms with Crippen LogP contribution >= 0.6 is 12.2 Å². The molecule has 1 aliphatic carbocycles. The van der Waals surface area contributed by atoms with Gasteiger partial charge in [-0.25, -0.2) is 9.78 Å². The standard InChI is InChI=1S/C29H30F3N5O4S/c1-27(2,3)41-26(39)35-13-9-21(10-14-35)40-23-8-7-20(17-34-23)37-25(42)36(24(38)28(37)11-4-12-28)19-6-5-18(16-33)22(15-19)29(30,31)32/h5-8,15,17,21H,4,9-14H2,1-3H3. The van der Waals surface area contributed by atoms with Crippen molar-refractivity contribution in [3.05, 3.63) is 47.7 Å². The van der Waals surface area contributed by atoms with Gasteiger partial charge < -0.3 is 19.3 Å². The zero-order valence-corrected chi connectivity index (χ0v) is 24.2. The summed E-state index contributed by atoms with van der Waals surface area (Å²) in [7, 11) is 0. The van der Waals surface area contributed by atoms with Crippen molar-refractivity contribution in [2.75, 3.05) is 22.9 Å². The van der Waals surface area contributed by atoms with E-state index in [9.17, 15) is 22.8 Å². The molecule has 1 spiro atoms. The van der Waals surface area contributed by atoms with Crippen molar-refractivity contribution in [2.24, 2.45) is 0 Å². The zero-order chi connectivity index (χ0) is 30.4. The van der Waals surface area contributed by atoms with Gasteiger partial charge >= 0.3 is 12.3 Å². The molecule has 1 aromatic heterocycles. The predicted octanol–water partition coefficient (Wildman–Crippen LogP) is 5.81. The van der Waals surface area contributed by atoms with Crippen molar-refractivity contribution < 1.29 is 32.2 Å². The highest BCUT2D eigenvalue weighted by Crippen LogP contribution is 2.48. The molecule has 2 saturated heterocycles. The lowest BCUT2D eigenvalue weighted by Crippen LogP contribution is -2.55. The number of alkyl halides is 3. The van der Waals surface area contributed by atoms with Gasteiger partial charge in [0.05, 0.1) is 34.8 Å². The average Bonchev–Trinajstić information content (AvgIpc) is 3.14. The molecule has 222 valence electrons. The van der Waals surface area contributed by atoms with Crippen LogP contribution in [-0.4, -0.2) is 57.3 Å². The van der Waals surface area contributed by atoms with Crippen LogP contribution in [0.4, 0.5) is 29.3 Å². The summed E-state index contributed by atoms with van der Waals surface area (Å²) in [6.07, 6.45) is -0.792. The van der Waals surface area contributed by atoms with Gasteiger partial charge in [0, 0.05) is 32.0 Å². The molecule has 3 aliphatic rings. The molecular weight excluding hydrogens is 571 g/mol. The van der Waals surface area contributed by atoms with Crippen molar-refractivity contribution in [3.8, 4) is 11.9 Å². The number of hydrogen-bond donors (Lipinski definition) is 0. The molecule has 42 heavy (non-hydrogen) atoms. The number of thiocarbonyl (C=S) groups is 1. The molecule has 0 N–H and O–H groups in total. The molecule has 2 amide bonds. The molecule has 0 bridgehead atoms. The maximum Gasteiger partial charge on any atom is 0.417 e. The Bertz CT molecular complexity index is 1440. The number of rotatable bonds is 4. The largest absolute Gasteiger partial charge is 0.474 e. The molecule has 13 heteroatoms. The Morgan fingerprint density at radius 3 is 2.31 bits per heavy atom. The van der Waals surface area contributed by atoms with Gasteiger partial charge in [-0.15, -0.1) is 0 Å². The molecule has 9 nitrogen and oxygen atoms in total. The van der Waals surface area contributed by atoms with E-state index in [1.165, 1.54) is 12.3 Å². The molecule has 0 unspecified atom stereocenters. The molecule has 2 aliphatic heterocycles. The van der Waals surface area contributed by atoms with E-state index in [2.05, 4.69) is 4.98 Å².